The molecule has 1 saturated carbocycles. The molecule has 0 aromatic rings. The van der Waals surface area contributed by atoms with E-state index in [9.17, 15) is 39.8 Å². The summed E-state index contributed by atoms with van der Waals surface area (Å²) in [5.41, 5.74) is 0. The van der Waals surface area contributed by atoms with E-state index in [0.717, 1.165) is 38.5 Å². The van der Waals surface area contributed by atoms with Gasteiger partial charge in [-0.15, -0.1) is 0 Å². The lowest BCUT2D eigenvalue weighted by molar-refractivity contribution is -0.220. The van der Waals surface area contributed by atoms with E-state index in [-0.39, 0.29) is 13.0 Å². The largest absolute Gasteiger partial charge is 0.472 e. The Bertz CT molecular complexity index is 1000. The van der Waals surface area contributed by atoms with Crippen LogP contribution in [0.4, 0.5) is 0 Å². The van der Waals surface area contributed by atoms with Gasteiger partial charge in [-0.2, -0.15) is 0 Å². The second-order valence-electron chi connectivity index (χ2n) is 16.3. The maximum absolute atomic E-state index is 12.8. The van der Waals surface area contributed by atoms with Crippen molar-refractivity contribution >= 4 is 13.8 Å². The maximum Gasteiger partial charge on any atom is 0.472 e. The lowest BCUT2D eigenvalue weighted by Crippen LogP contribution is -2.64. The molecule has 338 valence electrons. The molecule has 0 bridgehead atoms. The quantitative estimate of drug-likeness (QED) is 0.0149. The van der Waals surface area contributed by atoms with Crippen LogP contribution >= 0.6 is 7.82 Å². The summed E-state index contributed by atoms with van der Waals surface area (Å²) in [6.45, 7) is 4.26. The lowest BCUT2D eigenvalue weighted by atomic mass is 9.85. The number of esters is 1. The third kappa shape index (κ3) is 28.3. The number of aliphatic hydroxyl groups is 5. The Labute approximate surface area is 346 Å². The number of carbonyl (C=O) groups excluding carboxylic acids is 1. The van der Waals surface area contributed by atoms with Crippen molar-refractivity contribution in [2.45, 2.75) is 243 Å². The third-order valence-corrected chi connectivity index (χ3v) is 11.9. The predicted octanol–water partition coefficient (Wildman–Crippen LogP) is 9.14. The van der Waals surface area contributed by atoms with E-state index in [4.69, 9.17) is 18.5 Å². The van der Waals surface area contributed by atoms with Crippen LogP contribution in [0.5, 0.6) is 0 Å². The minimum absolute atomic E-state index is 0.0721. The van der Waals surface area contributed by atoms with Crippen molar-refractivity contribution in [3.05, 3.63) is 12.2 Å². The molecule has 6 unspecified atom stereocenters. The summed E-state index contributed by atoms with van der Waals surface area (Å²) in [4.78, 5) is 23.1. The van der Waals surface area contributed by atoms with Crippen LogP contribution in [-0.4, -0.2) is 98.9 Å². The molecule has 57 heavy (non-hydrogen) atoms. The first kappa shape index (κ1) is 54.1. The number of rotatable bonds is 39. The molecule has 6 atom stereocenters. The maximum atomic E-state index is 12.8. The van der Waals surface area contributed by atoms with Crippen molar-refractivity contribution in [3.8, 4) is 0 Å². The number of unbranched alkanes of at least 4 members (excludes halogenated alkanes) is 25. The van der Waals surface area contributed by atoms with Gasteiger partial charge < -0.3 is 39.9 Å². The topological polar surface area (TPSA) is 192 Å². The van der Waals surface area contributed by atoms with Crippen molar-refractivity contribution in [3.63, 3.8) is 0 Å². The zero-order valence-corrected chi connectivity index (χ0v) is 36.8. The average molecular weight is 837 g/mol. The van der Waals surface area contributed by atoms with Gasteiger partial charge in [0.1, 0.15) is 42.7 Å². The van der Waals surface area contributed by atoms with Crippen LogP contribution in [-0.2, 0) is 27.9 Å². The second kappa shape index (κ2) is 35.8. The molecule has 0 saturated heterocycles. The number of hydrogen-bond acceptors (Lipinski definition) is 11. The van der Waals surface area contributed by atoms with Gasteiger partial charge in [0.05, 0.1) is 13.2 Å². The average Bonchev–Trinajstić information content (AvgIpc) is 3.19. The van der Waals surface area contributed by atoms with Gasteiger partial charge in [0.25, 0.3) is 0 Å². The monoisotopic (exact) mass is 837 g/mol. The molecule has 6 N–H and O–H groups in total. The predicted molar refractivity (Wildman–Crippen MR) is 226 cm³/mol. The van der Waals surface area contributed by atoms with Crippen molar-refractivity contribution in [2.75, 3.05) is 19.8 Å². The van der Waals surface area contributed by atoms with Crippen molar-refractivity contribution in [1.29, 1.82) is 0 Å². The summed E-state index contributed by atoms with van der Waals surface area (Å²) < 4.78 is 34.1. The van der Waals surface area contributed by atoms with Gasteiger partial charge in [0, 0.05) is 13.0 Å². The Morgan fingerprint density at radius 3 is 1.39 bits per heavy atom. The minimum atomic E-state index is -5.01. The van der Waals surface area contributed by atoms with Crippen LogP contribution in [0, 0.1) is 0 Å². The van der Waals surface area contributed by atoms with Crippen LogP contribution in [0.3, 0.4) is 0 Å². The highest BCUT2D eigenvalue weighted by atomic mass is 31.2. The normalized spacial score (nSPS) is 22.9. The first-order valence-corrected chi connectivity index (χ1v) is 24.5. The first-order valence-electron chi connectivity index (χ1n) is 23.0. The summed E-state index contributed by atoms with van der Waals surface area (Å²) in [5, 5.41) is 50.1. The Kier molecular flexibility index (Phi) is 34.0. The molecular formula is C44H85O12P. The number of allylic oxidation sites excluding steroid dienone is 2. The van der Waals surface area contributed by atoms with E-state index < -0.39 is 63.1 Å². The molecule has 1 fully saturated rings. The second-order valence-corrected chi connectivity index (χ2v) is 17.7. The van der Waals surface area contributed by atoms with Crippen LogP contribution < -0.4 is 0 Å². The fourth-order valence-corrected chi connectivity index (χ4v) is 8.15. The molecule has 12 nitrogen and oxygen atoms in total. The number of hydrogen-bond donors (Lipinski definition) is 6. The first-order chi connectivity index (χ1) is 27.5. The van der Waals surface area contributed by atoms with Gasteiger partial charge in [-0.25, -0.2) is 4.57 Å². The van der Waals surface area contributed by atoms with Crippen LogP contribution in [0.1, 0.15) is 200 Å². The van der Waals surface area contributed by atoms with E-state index in [2.05, 4.69) is 26.0 Å². The highest BCUT2D eigenvalue weighted by molar-refractivity contribution is 7.47. The Hall–Kier alpha value is -0.920. The smallest absolute Gasteiger partial charge is 0.457 e. The fourth-order valence-electron chi connectivity index (χ4n) is 7.17. The summed E-state index contributed by atoms with van der Waals surface area (Å²) in [6, 6.07) is 0. The van der Waals surface area contributed by atoms with Crippen LogP contribution in [0.25, 0.3) is 0 Å². The van der Waals surface area contributed by atoms with Gasteiger partial charge in [-0.05, 0) is 38.5 Å². The highest BCUT2D eigenvalue weighted by Gasteiger charge is 2.51. The summed E-state index contributed by atoms with van der Waals surface area (Å²) in [7, 11) is -5.01. The van der Waals surface area contributed by atoms with Gasteiger partial charge in [0.15, 0.2) is 0 Å². The summed E-state index contributed by atoms with van der Waals surface area (Å²) >= 11 is 0. The van der Waals surface area contributed by atoms with E-state index in [1.807, 2.05) is 0 Å². The highest BCUT2D eigenvalue weighted by Crippen LogP contribution is 2.47. The number of phosphoric acid groups is 1. The molecule has 0 heterocycles. The molecule has 13 heteroatoms. The van der Waals surface area contributed by atoms with Gasteiger partial charge in [0.2, 0.25) is 0 Å². The third-order valence-electron chi connectivity index (χ3n) is 10.9. The standard InChI is InChI=1S/C44H85O12P/c1-3-5-7-9-11-13-15-16-17-18-19-20-21-22-23-25-27-29-31-33-38(45)55-37(35-53-34-32-30-28-26-24-14-12-10-8-6-4-2)36-54-57(51,52)56-44-42(49)40(47)39(46)41(48)43(44)50/h16-17,37,39-44,46-50H,3-15,18-36H2,1-2H3,(H,51,52)/b17-16-. The molecule has 0 radical (unpaired) electrons. The van der Waals surface area contributed by atoms with Gasteiger partial charge >= 0.3 is 13.8 Å². The van der Waals surface area contributed by atoms with Crippen molar-refractivity contribution < 1.29 is 58.3 Å². The van der Waals surface area contributed by atoms with E-state index >= 15 is 0 Å². The summed E-state index contributed by atoms with van der Waals surface area (Å²) in [5.74, 6) is -0.477. The van der Waals surface area contributed by atoms with E-state index in [0.29, 0.717) is 13.0 Å². The number of carbonyl (C=O) groups is 1. The molecule has 1 rings (SSSR count). The van der Waals surface area contributed by atoms with Gasteiger partial charge in [-0.3, -0.25) is 13.8 Å². The Morgan fingerprint density at radius 2 is 0.930 bits per heavy atom. The molecule has 0 aromatic heterocycles. The molecule has 1 aliphatic rings. The Morgan fingerprint density at radius 1 is 0.544 bits per heavy atom. The van der Waals surface area contributed by atoms with E-state index in [1.165, 1.54) is 135 Å². The molecule has 1 aliphatic carbocycles. The number of ether oxygens (including phenoxy) is 2. The molecule has 0 aromatic carbocycles. The molecule has 0 spiro atoms. The van der Waals surface area contributed by atoms with E-state index in [1.54, 1.807) is 0 Å². The molecular weight excluding hydrogens is 751 g/mol. The van der Waals surface area contributed by atoms with Crippen molar-refractivity contribution in [2.24, 2.45) is 0 Å². The SMILES string of the molecule is CCCCCCCC/C=C\CCCCCCCCCCCC(=O)OC(COCCCCCCCCCCCCC)COP(=O)(O)OC1C(O)C(O)C(O)C(O)C1O. The zero-order valence-electron chi connectivity index (χ0n) is 35.9. The van der Waals surface area contributed by atoms with Crippen LogP contribution in [0.2, 0.25) is 0 Å². The Balaban J connectivity index is 2.36. The summed E-state index contributed by atoms with van der Waals surface area (Å²) in [6.07, 6.45) is 25.7. The number of aliphatic hydroxyl groups excluding tert-OH is 5. The molecule has 0 aliphatic heterocycles. The molecule has 0 amide bonds. The van der Waals surface area contributed by atoms with Gasteiger partial charge in [-0.1, -0.05) is 167 Å². The van der Waals surface area contributed by atoms with Crippen molar-refractivity contribution in [1.82, 2.24) is 0 Å². The number of phosphoric ester groups is 1. The lowest BCUT2D eigenvalue weighted by Gasteiger charge is -2.41. The van der Waals surface area contributed by atoms with Crippen LogP contribution in [0.15, 0.2) is 12.2 Å². The fraction of sp³-hybridized carbons (Fsp3) is 0.932. The zero-order chi connectivity index (χ0) is 42.0. The minimum Gasteiger partial charge on any atom is -0.457 e.